The zero-order valence-electron chi connectivity index (χ0n) is 14.3. The molecule has 0 aromatic carbocycles. The molecule has 130 valence electrons. The van der Waals surface area contributed by atoms with Gasteiger partial charge in [0.2, 0.25) is 0 Å². The highest BCUT2D eigenvalue weighted by atomic mass is 16.3. The van der Waals surface area contributed by atoms with Crippen LogP contribution in [0.2, 0.25) is 0 Å². The maximum atomic E-state index is 10.3. The Balaban J connectivity index is 1.83. The van der Waals surface area contributed by atoms with Crippen molar-refractivity contribution in [3.05, 3.63) is 24.3 Å². The summed E-state index contributed by atoms with van der Waals surface area (Å²) in [6, 6.07) is 4.49. The number of aliphatic hydroxyl groups is 1. The van der Waals surface area contributed by atoms with Crippen LogP contribution in [0.25, 0.3) is 22.1 Å². The highest BCUT2D eigenvalue weighted by Crippen LogP contribution is 2.33. The summed E-state index contributed by atoms with van der Waals surface area (Å²) in [6.45, 7) is 4.46. The molecule has 3 aromatic rings. The van der Waals surface area contributed by atoms with E-state index >= 15 is 0 Å². The van der Waals surface area contributed by atoms with E-state index in [2.05, 4.69) is 30.5 Å². The largest absolute Gasteiger partial charge is 0.385 e. The van der Waals surface area contributed by atoms with Gasteiger partial charge in [0.05, 0.1) is 17.8 Å². The molecule has 4 rings (SSSR count). The Kier molecular flexibility index (Phi) is 4.15. The summed E-state index contributed by atoms with van der Waals surface area (Å²) in [5.41, 5.74) is 2.69. The van der Waals surface area contributed by atoms with Crippen LogP contribution in [0.1, 0.15) is 44.2 Å². The second kappa shape index (κ2) is 6.47. The molecule has 0 radical (unpaired) electrons. The number of aliphatic hydroxyl groups excluding tert-OH is 1. The third kappa shape index (κ3) is 2.77. The first-order valence-corrected chi connectivity index (χ1v) is 8.80. The summed E-state index contributed by atoms with van der Waals surface area (Å²) in [5.74, 6) is 0.692. The van der Waals surface area contributed by atoms with Crippen molar-refractivity contribution in [3.63, 3.8) is 0 Å². The van der Waals surface area contributed by atoms with Gasteiger partial charge in [-0.2, -0.15) is 5.26 Å². The van der Waals surface area contributed by atoms with Gasteiger partial charge in [-0.15, -0.1) is 0 Å². The minimum Gasteiger partial charge on any atom is -0.385 e. The van der Waals surface area contributed by atoms with E-state index in [9.17, 15) is 5.11 Å². The Bertz CT molecular complexity index is 934. The van der Waals surface area contributed by atoms with E-state index in [1.165, 1.54) is 0 Å². The summed E-state index contributed by atoms with van der Waals surface area (Å²) in [6.07, 6.45) is 5.69. The number of aromatic nitrogens is 4. The Morgan fingerprint density at radius 2 is 2.40 bits per heavy atom. The van der Waals surface area contributed by atoms with Crippen molar-refractivity contribution in [2.45, 2.75) is 38.3 Å². The molecule has 1 aliphatic rings. The Labute approximate surface area is 145 Å². The molecule has 4 heterocycles. The molecule has 2 atom stereocenters. The minimum atomic E-state index is -0.643. The lowest BCUT2D eigenvalue weighted by atomic mass is 10.0. The zero-order valence-corrected chi connectivity index (χ0v) is 14.3. The zero-order chi connectivity index (χ0) is 17.4. The number of rotatable bonds is 4. The average Bonchev–Trinajstić information content (AvgIpc) is 3.23. The smallest absolute Gasteiger partial charge is 0.139 e. The van der Waals surface area contributed by atoms with Crippen LogP contribution in [-0.2, 0) is 0 Å². The third-order valence-corrected chi connectivity index (χ3v) is 5.02. The van der Waals surface area contributed by atoms with Crippen LogP contribution in [0.15, 0.2) is 18.5 Å². The number of aromatic amines is 1. The first-order valence-electron chi connectivity index (χ1n) is 8.80. The molecule has 1 saturated heterocycles. The number of nitriles is 1. The topological polar surface area (TPSA) is 93.8 Å². The van der Waals surface area contributed by atoms with Gasteiger partial charge in [0, 0.05) is 37.1 Å². The van der Waals surface area contributed by atoms with Crippen molar-refractivity contribution in [2.24, 2.45) is 0 Å². The third-order valence-electron chi connectivity index (χ3n) is 5.02. The molecule has 1 fully saturated rings. The van der Waals surface area contributed by atoms with Crippen molar-refractivity contribution in [2.75, 3.05) is 19.6 Å². The van der Waals surface area contributed by atoms with Gasteiger partial charge in [-0.3, -0.25) is 0 Å². The number of likely N-dealkylation sites (tertiary alicyclic amines) is 1. The maximum absolute atomic E-state index is 10.3. The number of hydrogen-bond donors (Lipinski definition) is 2. The van der Waals surface area contributed by atoms with E-state index in [0.717, 1.165) is 54.5 Å². The molecule has 0 spiro atoms. The number of nitrogens with zero attached hydrogens (tertiary/aromatic N) is 5. The Morgan fingerprint density at radius 3 is 3.20 bits per heavy atom. The minimum absolute atomic E-state index is 0.238. The average molecular weight is 338 g/mol. The van der Waals surface area contributed by atoms with Gasteiger partial charge in [0.15, 0.2) is 0 Å². The molecular formula is C18H22N6O. The molecule has 7 nitrogen and oxygen atoms in total. The van der Waals surface area contributed by atoms with Gasteiger partial charge in [-0.25, -0.2) is 9.97 Å². The Morgan fingerprint density at radius 1 is 1.52 bits per heavy atom. The molecule has 7 heteroatoms. The van der Waals surface area contributed by atoms with Gasteiger partial charge in [-0.1, -0.05) is 0 Å². The summed E-state index contributed by atoms with van der Waals surface area (Å²) in [7, 11) is 0. The number of nitrogens with one attached hydrogen (secondary N) is 1. The number of pyridine rings is 1. The molecule has 1 aliphatic heterocycles. The van der Waals surface area contributed by atoms with E-state index in [4.69, 9.17) is 5.26 Å². The van der Waals surface area contributed by atoms with Crippen molar-refractivity contribution >= 4 is 22.1 Å². The summed E-state index contributed by atoms with van der Waals surface area (Å²) in [5, 5.41) is 20.2. The van der Waals surface area contributed by atoms with Gasteiger partial charge in [-0.05, 0) is 32.4 Å². The lowest BCUT2D eigenvalue weighted by Crippen LogP contribution is -2.37. The fourth-order valence-corrected chi connectivity index (χ4v) is 3.93. The standard InChI is InChI=1S/C18H22N6O/c1-12(25)18-22-15-10-21-17-14(5-7-20-17)16(15)24(18)13-4-2-8-23(11-13)9-3-6-19/h5,7,10,12-13,25H,2-4,8-9,11H2,1H3,(H,20,21)/t12-,13?/m1/s1. The second-order valence-corrected chi connectivity index (χ2v) is 6.75. The van der Waals surface area contributed by atoms with Gasteiger partial charge >= 0.3 is 0 Å². The first-order chi connectivity index (χ1) is 12.2. The van der Waals surface area contributed by atoms with E-state index in [0.29, 0.717) is 12.2 Å². The van der Waals surface area contributed by atoms with Crippen molar-refractivity contribution in [1.82, 2.24) is 24.4 Å². The number of imidazole rings is 1. The summed E-state index contributed by atoms with van der Waals surface area (Å²) in [4.78, 5) is 14.6. The summed E-state index contributed by atoms with van der Waals surface area (Å²) < 4.78 is 2.20. The molecule has 0 saturated carbocycles. The highest BCUT2D eigenvalue weighted by Gasteiger charge is 2.27. The molecule has 1 unspecified atom stereocenters. The Hall–Kier alpha value is -2.43. The van der Waals surface area contributed by atoms with Crippen LogP contribution in [0.4, 0.5) is 0 Å². The SMILES string of the molecule is C[C@@H](O)c1nc2cnc3[nH]ccc3c2n1C1CCCN(CCC#N)C1. The molecule has 0 amide bonds. The monoisotopic (exact) mass is 338 g/mol. The number of hydrogen-bond acceptors (Lipinski definition) is 5. The fourth-order valence-electron chi connectivity index (χ4n) is 3.93. The van der Waals surface area contributed by atoms with Crippen LogP contribution in [0.3, 0.4) is 0 Å². The normalized spacial score (nSPS) is 20.1. The molecule has 0 aliphatic carbocycles. The molecule has 2 N–H and O–H groups in total. The van der Waals surface area contributed by atoms with Crippen LogP contribution >= 0.6 is 0 Å². The summed E-state index contributed by atoms with van der Waals surface area (Å²) >= 11 is 0. The fraction of sp³-hybridized carbons (Fsp3) is 0.500. The number of H-pyrrole nitrogens is 1. The van der Waals surface area contributed by atoms with E-state index < -0.39 is 6.10 Å². The molecular weight excluding hydrogens is 316 g/mol. The second-order valence-electron chi connectivity index (χ2n) is 6.75. The number of piperidine rings is 1. The number of fused-ring (bicyclic) bond motifs is 3. The van der Waals surface area contributed by atoms with Crippen LogP contribution in [0.5, 0.6) is 0 Å². The van der Waals surface area contributed by atoms with Crippen LogP contribution in [0, 0.1) is 11.3 Å². The van der Waals surface area contributed by atoms with Gasteiger partial charge < -0.3 is 19.6 Å². The van der Waals surface area contributed by atoms with Crippen molar-refractivity contribution in [1.29, 1.82) is 5.26 Å². The first kappa shape index (κ1) is 16.1. The quantitative estimate of drug-likeness (QED) is 0.762. The van der Waals surface area contributed by atoms with E-state index in [1.807, 2.05) is 12.3 Å². The maximum Gasteiger partial charge on any atom is 0.139 e. The highest BCUT2D eigenvalue weighted by molar-refractivity contribution is 6.01. The van der Waals surface area contributed by atoms with Crippen LogP contribution in [-0.4, -0.2) is 49.2 Å². The van der Waals surface area contributed by atoms with Gasteiger partial charge in [0.25, 0.3) is 0 Å². The molecule has 0 bridgehead atoms. The van der Waals surface area contributed by atoms with Crippen LogP contribution < -0.4 is 0 Å². The molecule has 3 aromatic heterocycles. The van der Waals surface area contributed by atoms with E-state index in [1.54, 1.807) is 13.1 Å². The lowest BCUT2D eigenvalue weighted by Gasteiger charge is -2.34. The molecule has 25 heavy (non-hydrogen) atoms. The van der Waals surface area contributed by atoms with E-state index in [-0.39, 0.29) is 6.04 Å². The lowest BCUT2D eigenvalue weighted by molar-refractivity contribution is 0.155. The van der Waals surface area contributed by atoms with Crippen molar-refractivity contribution in [3.8, 4) is 6.07 Å². The predicted molar refractivity (Wildman–Crippen MR) is 95.0 cm³/mol. The predicted octanol–water partition coefficient (Wildman–Crippen LogP) is 2.52. The van der Waals surface area contributed by atoms with Gasteiger partial charge in [0.1, 0.15) is 23.1 Å². The van der Waals surface area contributed by atoms with Crippen molar-refractivity contribution < 1.29 is 5.11 Å².